The third kappa shape index (κ3) is 5.12. The van der Waals surface area contributed by atoms with E-state index in [0.717, 1.165) is 38.9 Å². The second-order valence-electron chi connectivity index (χ2n) is 6.03. The molecule has 1 aliphatic rings. The van der Waals surface area contributed by atoms with Gasteiger partial charge in [-0.3, -0.25) is 9.59 Å². The molecule has 5 heteroatoms. The van der Waals surface area contributed by atoms with Crippen molar-refractivity contribution in [1.82, 2.24) is 9.80 Å². The molecular weight excluding hydrogens is 256 g/mol. The van der Waals surface area contributed by atoms with Gasteiger partial charge in [0.1, 0.15) is 0 Å². The number of likely N-dealkylation sites (N-methyl/N-ethyl adjacent to an activating group) is 1. The summed E-state index contributed by atoms with van der Waals surface area (Å²) < 4.78 is 0. The molecule has 0 aromatic carbocycles. The minimum absolute atomic E-state index is 0.0986. The number of carbonyl (C=O) groups is 2. The Hall–Kier alpha value is -1.10. The number of nitrogens with zero attached hydrogens (tertiary/aromatic N) is 2. The van der Waals surface area contributed by atoms with Crippen LogP contribution in [-0.2, 0) is 9.59 Å². The molecule has 5 nitrogen and oxygen atoms in total. The summed E-state index contributed by atoms with van der Waals surface area (Å²) >= 11 is 0. The second-order valence-corrected chi connectivity index (χ2v) is 6.03. The van der Waals surface area contributed by atoms with Gasteiger partial charge in [0.05, 0.1) is 5.92 Å². The first-order chi connectivity index (χ1) is 9.45. The van der Waals surface area contributed by atoms with Crippen LogP contribution in [0.25, 0.3) is 0 Å². The van der Waals surface area contributed by atoms with Gasteiger partial charge in [-0.25, -0.2) is 0 Å². The lowest BCUT2D eigenvalue weighted by Crippen LogP contribution is -2.42. The van der Waals surface area contributed by atoms with Crippen molar-refractivity contribution in [1.29, 1.82) is 0 Å². The van der Waals surface area contributed by atoms with E-state index in [9.17, 15) is 9.59 Å². The summed E-state index contributed by atoms with van der Waals surface area (Å²) in [6, 6.07) is 0. The van der Waals surface area contributed by atoms with Crippen LogP contribution in [0.2, 0.25) is 0 Å². The van der Waals surface area contributed by atoms with Crippen LogP contribution in [0.15, 0.2) is 0 Å². The first-order valence-electron chi connectivity index (χ1n) is 7.62. The molecule has 1 rings (SSSR count). The Balaban J connectivity index is 2.60. The quantitative estimate of drug-likeness (QED) is 0.772. The Kier molecular flexibility index (Phi) is 6.99. The Morgan fingerprint density at radius 2 is 1.75 bits per heavy atom. The van der Waals surface area contributed by atoms with Crippen molar-refractivity contribution in [3.05, 3.63) is 0 Å². The number of amides is 1. The topological polar surface area (TPSA) is 60.9 Å². The van der Waals surface area contributed by atoms with Crippen molar-refractivity contribution < 1.29 is 14.7 Å². The molecule has 0 radical (unpaired) electrons. The van der Waals surface area contributed by atoms with E-state index >= 15 is 0 Å². The molecular formula is C15H28N2O3. The highest BCUT2D eigenvalue weighted by atomic mass is 16.4. The van der Waals surface area contributed by atoms with E-state index in [1.807, 2.05) is 19.0 Å². The monoisotopic (exact) mass is 284 g/mol. The number of aliphatic carboxylic acids is 1. The van der Waals surface area contributed by atoms with Crippen LogP contribution in [0.5, 0.6) is 0 Å². The van der Waals surface area contributed by atoms with E-state index in [2.05, 4.69) is 11.8 Å². The van der Waals surface area contributed by atoms with Gasteiger partial charge >= 0.3 is 5.97 Å². The molecule has 1 amide bonds. The fraction of sp³-hybridized carbons (Fsp3) is 0.867. The molecule has 0 aromatic rings. The minimum atomic E-state index is -0.752. The number of carboxylic acid groups (broad SMARTS) is 1. The van der Waals surface area contributed by atoms with E-state index in [4.69, 9.17) is 5.11 Å². The summed E-state index contributed by atoms with van der Waals surface area (Å²) in [6.45, 7) is 4.41. The second kappa shape index (κ2) is 8.25. The molecule has 0 aromatic heterocycles. The van der Waals surface area contributed by atoms with Gasteiger partial charge in [0.25, 0.3) is 0 Å². The van der Waals surface area contributed by atoms with Crippen molar-refractivity contribution in [2.45, 2.75) is 39.0 Å². The summed E-state index contributed by atoms with van der Waals surface area (Å²) in [4.78, 5) is 27.7. The van der Waals surface area contributed by atoms with Gasteiger partial charge in [-0.1, -0.05) is 13.3 Å². The van der Waals surface area contributed by atoms with Crippen molar-refractivity contribution in [3.8, 4) is 0 Å². The van der Waals surface area contributed by atoms with Crippen LogP contribution < -0.4 is 0 Å². The fourth-order valence-corrected chi connectivity index (χ4v) is 2.82. The van der Waals surface area contributed by atoms with E-state index < -0.39 is 5.97 Å². The zero-order valence-electron chi connectivity index (χ0n) is 13.0. The van der Waals surface area contributed by atoms with Crippen LogP contribution in [0.4, 0.5) is 0 Å². The van der Waals surface area contributed by atoms with Crippen molar-refractivity contribution in [2.24, 2.45) is 11.8 Å². The average Bonchev–Trinajstić information content (AvgIpc) is 2.42. The highest BCUT2D eigenvalue weighted by molar-refractivity contribution is 5.80. The number of carbonyl (C=O) groups excluding carboxylic acids is 1. The van der Waals surface area contributed by atoms with Gasteiger partial charge in [-0.15, -0.1) is 0 Å². The molecule has 20 heavy (non-hydrogen) atoms. The van der Waals surface area contributed by atoms with Crippen LogP contribution in [0.1, 0.15) is 39.0 Å². The maximum Gasteiger partial charge on any atom is 0.306 e. The highest BCUT2D eigenvalue weighted by Gasteiger charge is 2.32. The van der Waals surface area contributed by atoms with Gasteiger partial charge in [0.15, 0.2) is 0 Å². The zero-order chi connectivity index (χ0) is 15.1. The van der Waals surface area contributed by atoms with Gasteiger partial charge in [-0.2, -0.15) is 0 Å². The molecule has 1 fully saturated rings. The highest BCUT2D eigenvalue weighted by Crippen LogP contribution is 2.30. The molecule has 1 N–H and O–H groups in total. The first-order valence-corrected chi connectivity index (χ1v) is 7.62. The lowest BCUT2D eigenvalue weighted by Gasteiger charge is -2.32. The Morgan fingerprint density at radius 3 is 2.30 bits per heavy atom. The third-order valence-electron chi connectivity index (χ3n) is 4.00. The molecule has 0 spiro atoms. The van der Waals surface area contributed by atoms with E-state index in [0.29, 0.717) is 12.8 Å². The maximum absolute atomic E-state index is 12.6. The van der Waals surface area contributed by atoms with E-state index in [1.54, 1.807) is 0 Å². The lowest BCUT2D eigenvalue weighted by atomic mass is 9.80. The summed E-state index contributed by atoms with van der Waals surface area (Å²) in [5.74, 6) is -1.04. The van der Waals surface area contributed by atoms with Gasteiger partial charge < -0.3 is 14.9 Å². The van der Waals surface area contributed by atoms with Crippen LogP contribution in [0.3, 0.4) is 0 Å². The fourth-order valence-electron chi connectivity index (χ4n) is 2.82. The van der Waals surface area contributed by atoms with Crippen molar-refractivity contribution in [2.75, 3.05) is 33.7 Å². The van der Waals surface area contributed by atoms with Crippen LogP contribution >= 0.6 is 0 Å². The van der Waals surface area contributed by atoms with E-state index in [-0.39, 0.29) is 17.7 Å². The number of hydrogen-bond donors (Lipinski definition) is 1. The molecule has 1 saturated carbocycles. The summed E-state index contributed by atoms with van der Waals surface area (Å²) in [7, 11) is 3.99. The molecule has 0 aliphatic heterocycles. The number of rotatable bonds is 7. The van der Waals surface area contributed by atoms with Gasteiger partial charge in [0.2, 0.25) is 5.91 Å². The molecule has 2 unspecified atom stereocenters. The minimum Gasteiger partial charge on any atom is -0.481 e. The Morgan fingerprint density at radius 1 is 1.10 bits per heavy atom. The van der Waals surface area contributed by atoms with Crippen molar-refractivity contribution >= 4 is 11.9 Å². The SMILES string of the molecule is CCCN(CCN(C)C)C(=O)C1CCCC(C(=O)O)C1. The molecule has 0 heterocycles. The maximum atomic E-state index is 12.6. The summed E-state index contributed by atoms with van der Waals surface area (Å²) in [6.07, 6.45) is 3.85. The Bertz CT molecular complexity index is 331. The standard InChI is InChI=1S/C15H28N2O3/c1-4-8-17(10-9-16(2)3)14(18)12-6-5-7-13(11-12)15(19)20/h12-13H,4-11H2,1-3H3,(H,19,20). The number of hydrogen-bond acceptors (Lipinski definition) is 3. The average molecular weight is 284 g/mol. The predicted octanol–water partition coefficient (Wildman–Crippen LogP) is 1.68. The number of carboxylic acids is 1. The van der Waals surface area contributed by atoms with E-state index in [1.165, 1.54) is 0 Å². The normalized spacial score (nSPS) is 22.8. The molecule has 116 valence electrons. The molecule has 2 atom stereocenters. The smallest absolute Gasteiger partial charge is 0.306 e. The predicted molar refractivity (Wildman–Crippen MR) is 78.5 cm³/mol. The lowest BCUT2D eigenvalue weighted by molar-refractivity contribution is -0.145. The first kappa shape index (κ1) is 17.0. The zero-order valence-corrected chi connectivity index (χ0v) is 13.0. The molecule has 0 saturated heterocycles. The largest absolute Gasteiger partial charge is 0.481 e. The summed E-state index contributed by atoms with van der Waals surface area (Å²) in [5.41, 5.74) is 0. The van der Waals surface area contributed by atoms with Gasteiger partial charge in [0, 0.05) is 25.6 Å². The molecule has 1 aliphatic carbocycles. The van der Waals surface area contributed by atoms with Gasteiger partial charge in [-0.05, 0) is 39.8 Å². The Labute approximate surface area is 121 Å². The van der Waals surface area contributed by atoms with Crippen LogP contribution in [-0.4, -0.2) is 60.5 Å². The molecule has 0 bridgehead atoms. The third-order valence-corrected chi connectivity index (χ3v) is 4.00. The summed E-state index contributed by atoms with van der Waals surface area (Å²) in [5, 5.41) is 9.12. The van der Waals surface area contributed by atoms with Crippen molar-refractivity contribution in [3.63, 3.8) is 0 Å². The van der Waals surface area contributed by atoms with Crippen LogP contribution in [0, 0.1) is 11.8 Å².